The molecule has 0 saturated heterocycles. The van der Waals surface area contributed by atoms with Crippen molar-refractivity contribution < 1.29 is 9.59 Å². The van der Waals surface area contributed by atoms with E-state index in [2.05, 4.69) is 41.2 Å². The molecule has 3 aromatic carbocycles. The monoisotopic (exact) mass is 459 g/mol. The molecule has 2 heterocycles. The number of rotatable bonds is 4. The van der Waals surface area contributed by atoms with Crippen LogP contribution in [-0.4, -0.2) is 25.7 Å². The average molecular weight is 460 g/mol. The van der Waals surface area contributed by atoms with Crippen LogP contribution in [0.2, 0.25) is 0 Å². The van der Waals surface area contributed by atoms with Crippen LogP contribution in [0.5, 0.6) is 0 Å². The molecule has 2 aromatic heterocycles. The molecule has 6 rings (SSSR count). The Bertz CT molecular complexity index is 1630. The smallest absolute Gasteiger partial charge is 0.197 e. The van der Waals surface area contributed by atoms with Crippen molar-refractivity contribution in [3.63, 3.8) is 0 Å². The first kappa shape index (κ1) is 21.3. The molecular weight excluding hydrogens is 434 g/mol. The fraction of sp³-hybridized carbons (Fsp3) is 0.167. The third-order valence-electron chi connectivity index (χ3n) is 6.72. The molecule has 5 aromatic rings. The van der Waals surface area contributed by atoms with E-state index in [1.165, 1.54) is 0 Å². The van der Waals surface area contributed by atoms with E-state index in [1.807, 2.05) is 61.6 Å². The largest absolute Gasteiger partial charge is 0.327 e. The first-order valence-corrected chi connectivity index (χ1v) is 11.9. The summed E-state index contributed by atoms with van der Waals surface area (Å²) in [5, 5.41) is 1.91. The number of imidazole rings is 1. The van der Waals surface area contributed by atoms with E-state index in [0.29, 0.717) is 22.9 Å². The Morgan fingerprint density at radius 3 is 2.06 bits per heavy atom. The minimum absolute atomic E-state index is 0.180. The van der Waals surface area contributed by atoms with Gasteiger partial charge in [-0.05, 0) is 46.5 Å². The molecule has 5 heteroatoms. The number of nitrogens with zero attached hydrogens (tertiary/aromatic N) is 3. The number of aromatic nitrogens is 3. The lowest BCUT2D eigenvalue weighted by atomic mass is 10.0. The van der Waals surface area contributed by atoms with E-state index < -0.39 is 0 Å². The van der Waals surface area contributed by atoms with Gasteiger partial charge in [-0.1, -0.05) is 68.4 Å². The molecule has 0 unspecified atom stereocenters. The molecule has 172 valence electrons. The van der Waals surface area contributed by atoms with Gasteiger partial charge in [-0.3, -0.25) is 9.59 Å². The SMILES string of the molecule is CC(C)Cn1c(C=C2C(=O)c3cc4ccccc4cc3C2=O)nc2c1cc(-c1ccccc1)n2C. The molecule has 35 heavy (non-hydrogen) atoms. The van der Waals surface area contributed by atoms with Crippen LogP contribution in [0.4, 0.5) is 0 Å². The van der Waals surface area contributed by atoms with Gasteiger partial charge in [0.2, 0.25) is 0 Å². The first-order valence-electron chi connectivity index (χ1n) is 11.9. The Morgan fingerprint density at radius 2 is 1.46 bits per heavy atom. The Labute approximate surface area is 203 Å². The molecule has 0 bridgehead atoms. The van der Waals surface area contributed by atoms with Crippen LogP contribution in [0.1, 0.15) is 40.4 Å². The number of fused-ring (bicyclic) bond motifs is 3. The molecule has 0 radical (unpaired) electrons. The van der Waals surface area contributed by atoms with Crippen LogP contribution in [0, 0.1) is 5.92 Å². The molecule has 0 N–H and O–H groups in total. The van der Waals surface area contributed by atoms with E-state index in [1.54, 1.807) is 6.08 Å². The van der Waals surface area contributed by atoms with Gasteiger partial charge in [0.15, 0.2) is 17.2 Å². The van der Waals surface area contributed by atoms with Gasteiger partial charge in [-0.25, -0.2) is 4.98 Å². The quantitative estimate of drug-likeness (QED) is 0.234. The van der Waals surface area contributed by atoms with E-state index in [-0.39, 0.29) is 17.1 Å². The predicted molar refractivity (Wildman–Crippen MR) is 140 cm³/mol. The van der Waals surface area contributed by atoms with Gasteiger partial charge < -0.3 is 9.13 Å². The van der Waals surface area contributed by atoms with Crippen molar-refractivity contribution in [2.24, 2.45) is 13.0 Å². The summed E-state index contributed by atoms with van der Waals surface area (Å²) in [6, 6.07) is 23.8. The summed E-state index contributed by atoms with van der Waals surface area (Å²) in [4.78, 5) is 31.5. The Kier molecular flexibility index (Phi) is 4.81. The average Bonchev–Trinajstić information content (AvgIpc) is 3.44. The lowest BCUT2D eigenvalue weighted by Gasteiger charge is -2.09. The Balaban J connectivity index is 1.50. The van der Waals surface area contributed by atoms with Crippen molar-refractivity contribution in [3.8, 4) is 11.3 Å². The molecule has 0 aliphatic heterocycles. The number of aryl methyl sites for hydroxylation is 1. The summed E-state index contributed by atoms with van der Waals surface area (Å²) < 4.78 is 4.20. The molecule has 1 aliphatic carbocycles. The first-order chi connectivity index (χ1) is 16.9. The van der Waals surface area contributed by atoms with Gasteiger partial charge in [0.05, 0.1) is 16.8 Å². The Morgan fingerprint density at radius 1 is 0.857 bits per heavy atom. The van der Waals surface area contributed by atoms with E-state index in [0.717, 1.165) is 39.7 Å². The topological polar surface area (TPSA) is 56.9 Å². The minimum Gasteiger partial charge on any atom is -0.327 e. The highest BCUT2D eigenvalue weighted by atomic mass is 16.2. The number of carbonyl (C=O) groups excluding carboxylic acids is 2. The van der Waals surface area contributed by atoms with Gasteiger partial charge in [0.25, 0.3) is 0 Å². The maximum absolute atomic E-state index is 13.3. The fourth-order valence-corrected chi connectivity index (χ4v) is 5.02. The second-order valence-corrected chi connectivity index (χ2v) is 9.60. The third kappa shape index (κ3) is 3.35. The van der Waals surface area contributed by atoms with Crippen LogP contribution in [0.3, 0.4) is 0 Å². The van der Waals surface area contributed by atoms with Crippen molar-refractivity contribution in [2.45, 2.75) is 20.4 Å². The zero-order valence-corrected chi connectivity index (χ0v) is 19.9. The molecule has 0 saturated carbocycles. The summed E-state index contributed by atoms with van der Waals surface area (Å²) in [5.74, 6) is 0.531. The summed E-state index contributed by atoms with van der Waals surface area (Å²) >= 11 is 0. The number of allylic oxidation sites excluding steroid dienone is 1. The van der Waals surface area contributed by atoms with Crippen LogP contribution in [0.15, 0.2) is 78.4 Å². The van der Waals surface area contributed by atoms with Crippen molar-refractivity contribution in [3.05, 3.63) is 95.3 Å². The number of hydrogen-bond acceptors (Lipinski definition) is 3. The summed E-state index contributed by atoms with van der Waals surface area (Å²) in [6.07, 6.45) is 1.68. The highest BCUT2D eigenvalue weighted by molar-refractivity contribution is 6.42. The zero-order chi connectivity index (χ0) is 24.3. The molecule has 0 amide bonds. The summed E-state index contributed by atoms with van der Waals surface area (Å²) in [5.41, 5.74) is 5.14. The number of benzene rings is 3. The fourth-order valence-electron chi connectivity index (χ4n) is 5.02. The minimum atomic E-state index is -0.233. The van der Waals surface area contributed by atoms with E-state index in [4.69, 9.17) is 4.98 Å². The van der Waals surface area contributed by atoms with Crippen LogP contribution < -0.4 is 0 Å². The van der Waals surface area contributed by atoms with Gasteiger partial charge >= 0.3 is 0 Å². The maximum atomic E-state index is 13.3. The van der Waals surface area contributed by atoms with Gasteiger partial charge in [-0.2, -0.15) is 0 Å². The van der Waals surface area contributed by atoms with Crippen molar-refractivity contribution in [1.82, 2.24) is 14.1 Å². The third-order valence-corrected chi connectivity index (χ3v) is 6.72. The normalized spacial score (nSPS) is 13.4. The lowest BCUT2D eigenvalue weighted by Crippen LogP contribution is -2.08. The second kappa shape index (κ2) is 7.91. The number of hydrogen-bond donors (Lipinski definition) is 0. The van der Waals surface area contributed by atoms with Crippen LogP contribution in [-0.2, 0) is 13.6 Å². The van der Waals surface area contributed by atoms with Crippen LogP contribution in [0.25, 0.3) is 39.3 Å². The van der Waals surface area contributed by atoms with Gasteiger partial charge in [-0.15, -0.1) is 0 Å². The highest BCUT2D eigenvalue weighted by Gasteiger charge is 2.34. The second-order valence-electron chi connectivity index (χ2n) is 9.60. The molecule has 1 aliphatic rings. The number of ketones is 2. The number of Topliss-reactive ketones (excluding diaryl/α,β-unsaturated/α-hetero) is 2. The van der Waals surface area contributed by atoms with Gasteiger partial charge in [0.1, 0.15) is 5.82 Å². The van der Waals surface area contributed by atoms with Crippen molar-refractivity contribution in [1.29, 1.82) is 0 Å². The molecule has 0 fully saturated rings. The molecular formula is C30H25N3O2. The van der Waals surface area contributed by atoms with Gasteiger partial charge in [0, 0.05) is 24.7 Å². The Hall–Kier alpha value is -4.25. The predicted octanol–water partition coefficient (Wildman–Crippen LogP) is 6.31. The lowest BCUT2D eigenvalue weighted by molar-refractivity contribution is 0.0990. The number of carbonyl (C=O) groups is 2. The zero-order valence-electron chi connectivity index (χ0n) is 19.9. The van der Waals surface area contributed by atoms with E-state index in [9.17, 15) is 9.59 Å². The van der Waals surface area contributed by atoms with E-state index >= 15 is 0 Å². The molecule has 0 spiro atoms. The summed E-state index contributed by atoms with van der Waals surface area (Å²) in [6.45, 7) is 5.03. The maximum Gasteiger partial charge on any atom is 0.197 e. The molecule has 5 nitrogen and oxygen atoms in total. The standard InChI is InChI=1S/C30H25N3O2/c1-18(2)17-33-26-16-25(19-9-5-4-6-10-19)32(3)30(26)31-27(33)15-24-28(34)22-13-20-11-7-8-12-21(20)14-23(22)29(24)35/h4-16,18H,17H2,1-3H3. The van der Waals surface area contributed by atoms with Crippen LogP contribution >= 0.6 is 0 Å². The van der Waals surface area contributed by atoms with Crippen molar-refractivity contribution >= 4 is 39.6 Å². The summed E-state index contributed by atoms with van der Waals surface area (Å²) in [7, 11) is 2.00. The highest BCUT2D eigenvalue weighted by Crippen LogP contribution is 2.33. The molecule has 0 atom stereocenters. The van der Waals surface area contributed by atoms with Crippen molar-refractivity contribution in [2.75, 3.05) is 0 Å².